The first-order valence-electron chi connectivity index (χ1n) is 10.4. The highest BCUT2D eigenvalue weighted by Crippen LogP contribution is 2.26. The quantitative estimate of drug-likeness (QED) is 0.720. The van der Waals surface area contributed by atoms with Crippen molar-refractivity contribution in [2.24, 2.45) is 7.05 Å². The van der Waals surface area contributed by atoms with Crippen molar-refractivity contribution in [1.82, 2.24) is 19.7 Å². The minimum atomic E-state index is -0.145. The van der Waals surface area contributed by atoms with E-state index in [2.05, 4.69) is 10.1 Å². The van der Waals surface area contributed by atoms with Gasteiger partial charge in [-0.2, -0.15) is 5.10 Å². The van der Waals surface area contributed by atoms with Crippen LogP contribution in [0.15, 0.2) is 35.1 Å². The molecule has 1 N–H and O–H groups in total. The average molecular weight is 409 g/mol. The van der Waals surface area contributed by atoms with E-state index in [-0.39, 0.29) is 23.7 Å². The summed E-state index contributed by atoms with van der Waals surface area (Å²) in [6.45, 7) is 6.96. The minimum absolute atomic E-state index is 0.0348. The first-order chi connectivity index (χ1) is 14.3. The van der Waals surface area contributed by atoms with Crippen LogP contribution in [0.25, 0.3) is 11.0 Å². The Morgan fingerprint density at radius 2 is 1.97 bits per heavy atom. The zero-order chi connectivity index (χ0) is 21.4. The van der Waals surface area contributed by atoms with Crippen LogP contribution in [0.2, 0.25) is 0 Å². The van der Waals surface area contributed by atoms with Crippen molar-refractivity contribution in [2.75, 3.05) is 13.1 Å². The molecule has 1 aliphatic heterocycles. The summed E-state index contributed by atoms with van der Waals surface area (Å²) in [6, 6.07) is 9.99. The van der Waals surface area contributed by atoms with Gasteiger partial charge in [0.15, 0.2) is 0 Å². The summed E-state index contributed by atoms with van der Waals surface area (Å²) in [7, 11) is 1.82. The molecule has 7 nitrogen and oxygen atoms in total. The summed E-state index contributed by atoms with van der Waals surface area (Å²) in [5.74, 6) is 0.0490. The standard InChI is InChI=1S/C23H28N4O3/c1-14-12-27(13-19(30-14)17-8-6-5-7-9-17)20(28)11-10-18-15(2)21-16(3)25-26(4)22(21)24-23(18)29/h5-9,14,19H,10-13H2,1-4H3,(H,24,29). The highest BCUT2D eigenvalue weighted by Gasteiger charge is 2.29. The number of carbonyl (C=O) groups is 1. The summed E-state index contributed by atoms with van der Waals surface area (Å²) in [4.78, 5) is 30.4. The second-order valence-electron chi connectivity index (χ2n) is 8.14. The van der Waals surface area contributed by atoms with Crippen LogP contribution in [0.1, 0.15) is 41.8 Å². The molecule has 0 spiro atoms. The molecule has 3 aromatic rings. The van der Waals surface area contributed by atoms with E-state index in [0.29, 0.717) is 31.5 Å². The largest absolute Gasteiger partial charge is 0.367 e. The smallest absolute Gasteiger partial charge is 0.253 e. The summed E-state index contributed by atoms with van der Waals surface area (Å²) in [5, 5.41) is 5.37. The van der Waals surface area contributed by atoms with Crippen molar-refractivity contribution in [3.05, 3.63) is 63.1 Å². The Hall–Kier alpha value is -2.93. The number of nitrogens with one attached hydrogen (secondary N) is 1. The predicted molar refractivity (Wildman–Crippen MR) is 115 cm³/mol. The molecule has 7 heteroatoms. The number of hydrogen-bond donors (Lipinski definition) is 1. The number of aromatic nitrogens is 3. The van der Waals surface area contributed by atoms with Crippen molar-refractivity contribution in [3.63, 3.8) is 0 Å². The maximum absolute atomic E-state index is 13.0. The van der Waals surface area contributed by atoms with Crippen LogP contribution >= 0.6 is 0 Å². The fraction of sp³-hybridized carbons (Fsp3) is 0.435. The lowest BCUT2D eigenvalue weighted by Crippen LogP contribution is -2.46. The Morgan fingerprint density at radius 3 is 2.70 bits per heavy atom. The van der Waals surface area contributed by atoms with Gasteiger partial charge in [0.25, 0.3) is 5.56 Å². The Bertz CT molecular complexity index is 1130. The molecule has 1 amide bonds. The van der Waals surface area contributed by atoms with Gasteiger partial charge in [-0.05, 0) is 38.3 Å². The fourth-order valence-corrected chi connectivity index (χ4v) is 4.45. The SMILES string of the molecule is Cc1nn(C)c2[nH]c(=O)c(CCC(=O)N3CC(C)OC(c4ccccc4)C3)c(C)c12. The lowest BCUT2D eigenvalue weighted by molar-refractivity contribution is -0.144. The van der Waals surface area contributed by atoms with Crippen LogP contribution in [0, 0.1) is 13.8 Å². The molecule has 30 heavy (non-hydrogen) atoms. The third-order valence-corrected chi connectivity index (χ3v) is 5.93. The third-order valence-electron chi connectivity index (χ3n) is 5.93. The lowest BCUT2D eigenvalue weighted by atomic mass is 10.0. The number of aryl methyl sites for hydroxylation is 3. The molecular formula is C23H28N4O3. The minimum Gasteiger partial charge on any atom is -0.367 e. The lowest BCUT2D eigenvalue weighted by Gasteiger charge is -2.37. The summed E-state index contributed by atoms with van der Waals surface area (Å²) < 4.78 is 7.75. The van der Waals surface area contributed by atoms with Crippen molar-refractivity contribution < 1.29 is 9.53 Å². The maximum atomic E-state index is 13.0. The van der Waals surface area contributed by atoms with Gasteiger partial charge in [0, 0.05) is 31.0 Å². The molecule has 2 atom stereocenters. The van der Waals surface area contributed by atoms with Crippen LogP contribution in [-0.2, 0) is 23.0 Å². The normalized spacial score (nSPS) is 19.4. The van der Waals surface area contributed by atoms with E-state index in [1.807, 2.05) is 63.1 Å². The molecule has 3 heterocycles. The zero-order valence-electron chi connectivity index (χ0n) is 17.9. The average Bonchev–Trinajstić information content (AvgIpc) is 3.01. The van der Waals surface area contributed by atoms with Gasteiger partial charge in [-0.1, -0.05) is 30.3 Å². The number of benzene rings is 1. The van der Waals surface area contributed by atoms with Crippen LogP contribution in [0.3, 0.4) is 0 Å². The van der Waals surface area contributed by atoms with Gasteiger partial charge < -0.3 is 14.6 Å². The molecule has 158 valence electrons. The molecular weight excluding hydrogens is 380 g/mol. The van der Waals surface area contributed by atoms with E-state index in [1.165, 1.54) is 0 Å². The van der Waals surface area contributed by atoms with Gasteiger partial charge in [-0.3, -0.25) is 14.3 Å². The number of pyridine rings is 1. The monoisotopic (exact) mass is 408 g/mol. The van der Waals surface area contributed by atoms with Gasteiger partial charge in [-0.25, -0.2) is 0 Å². The number of fused-ring (bicyclic) bond motifs is 1. The number of nitrogens with zero attached hydrogens (tertiary/aromatic N) is 3. The molecule has 2 unspecified atom stereocenters. The Balaban J connectivity index is 1.51. The summed E-state index contributed by atoms with van der Waals surface area (Å²) in [6.07, 6.45) is 0.542. The van der Waals surface area contributed by atoms with Crippen LogP contribution in [-0.4, -0.2) is 44.8 Å². The number of H-pyrrole nitrogens is 1. The number of carbonyl (C=O) groups excluding carboxylic acids is 1. The third kappa shape index (κ3) is 3.77. The second kappa shape index (κ2) is 8.07. The number of ether oxygens (including phenoxy) is 1. The van der Waals surface area contributed by atoms with Crippen LogP contribution in [0.5, 0.6) is 0 Å². The summed E-state index contributed by atoms with van der Waals surface area (Å²) >= 11 is 0. The van der Waals surface area contributed by atoms with E-state index in [1.54, 1.807) is 4.68 Å². The molecule has 1 fully saturated rings. The van der Waals surface area contributed by atoms with Crippen molar-refractivity contribution in [1.29, 1.82) is 0 Å². The van der Waals surface area contributed by atoms with Crippen molar-refractivity contribution >= 4 is 16.9 Å². The molecule has 1 aliphatic rings. The van der Waals surface area contributed by atoms with Gasteiger partial charge in [0.2, 0.25) is 5.91 Å². The van der Waals surface area contributed by atoms with Crippen LogP contribution in [0.4, 0.5) is 0 Å². The van der Waals surface area contributed by atoms with E-state index in [9.17, 15) is 9.59 Å². The molecule has 0 aliphatic carbocycles. The van der Waals surface area contributed by atoms with E-state index < -0.39 is 0 Å². The maximum Gasteiger partial charge on any atom is 0.253 e. The molecule has 1 aromatic carbocycles. The fourth-order valence-electron chi connectivity index (χ4n) is 4.45. The number of hydrogen-bond acceptors (Lipinski definition) is 4. The molecule has 0 bridgehead atoms. The van der Waals surface area contributed by atoms with Gasteiger partial charge in [0.05, 0.1) is 18.3 Å². The van der Waals surface area contributed by atoms with Crippen molar-refractivity contribution in [2.45, 2.75) is 45.8 Å². The number of aromatic amines is 1. The van der Waals surface area contributed by atoms with Crippen molar-refractivity contribution in [3.8, 4) is 0 Å². The Morgan fingerprint density at radius 1 is 1.23 bits per heavy atom. The Labute approximate surface area is 175 Å². The predicted octanol–water partition coefficient (Wildman–Crippen LogP) is 2.80. The zero-order valence-corrected chi connectivity index (χ0v) is 17.9. The summed E-state index contributed by atoms with van der Waals surface area (Å²) in [5.41, 5.74) is 4.09. The van der Waals surface area contributed by atoms with Gasteiger partial charge in [0.1, 0.15) is 11.8 Å². The van der Waals surface area contributed by atoms with Crippen LogP contribution < -0.4 is 5.56 Å². The molecule has 1 saturated heterocycles. The highest BCUT2D eigenvalue weighted by atomic mass is 16.5. The molecule has 0 saturated carbocycles. The van der Waals surface area contributed by atoms with E-state index in [0.717, 1.165) is 27.9 Å². The topological polar surface area (TPSA) is 80.2 Å². The number of rotatable bonds is 4. The number of amides is 1. The molecule has 4 rings (SSSR count). The van der Waals surface area contributed by atoms with Gasteiger partial charge >= 0.3 is 0 Å². The first-order valence-corrected chi connectivity index (χ1v) is 10.4. The Kier molecular flexibility index (Phi) is 5.47. The number of morpholine rings is 1. The second-order valence-corrected chi connectivity index (χ2v) is 8.14. The molecule has 2 aromatic heterocycles. The highest BCUT2D eigenvalue weighted by molar-refractivity contribution is 5.83. The first kappa shape index (κ1) is 20.3. The molecule has 0 radical (unpaired) electrons. The van der Waals surface area contributed by atoms with E-state index in [4.69, 9.17) is 4.74 Å². The van der Waals surface area contributed by atoms with E-state index >= 15 is 0 Å². The van der Waals surface area contributed by atoms with Gasteiger partial charge in [-0.15, -0.1) is 0 Å².